The van der Waals surface area contributed by atoms with Crippen molar-refractivity contribution in [3.05, 3.63) is 35.9 Å². The van der Waals surface area contributed by atoms with Crippen LogP contribution in [0.2, 0.25) is 0 Å². The van der Waals surface area contributed by atoms with Crippen LogP contribution in [0.25, 0.3) is 0 Å². The number of esters is 1. The van der Waals surface area contributed by atoms with Crippen LogP contribution in [0.5, 0.6) is 0 Å². The summed E-state index contributed by atoms with van der Waals surface area (Å²) in [6.07, 6.45) is 1.79. The van der Waals surface area contributed by atoms with Crippen molar-refractivity contribution in [2.75, 3.05) is 6.54 Å². The Morgan fingerprint density at radius 1 is 1.29 bits per heavy atom. The van der Waals surface area contributed by atoms with Crippen LogP contribution in [0.3, 0.4) is 0 Å². The molecule has 1 aromatic rings. The second-order valence-electron chi connectivity index (χ2n) is 3.99. The van der Waals surface area contributed by atoms with Crippen LogP contribution in [0.1, 0.15) is 32.3 Å². The highest BCUT2D eigenvalue weighted by Gasteiger charge is 2.17. The molecule has 1 aromatic carbocycles. The Kier molecular flexibility index (Phi) is 6.33. The highest BCUT2D eigenvalue weighted by Crippen LogP contribution is 2.04. The van der Waals surface area contributed by atoms with Gasteiger partial charge in [-0.3, -0.25) is 4.79 Å². The molecule has 0 bridgehead atoms. The fourth-order valence-corrected chi connectivity index (χ4v) is 1.67. The average Bonchev–Trinajstić information content (AvgIpc) is 2.37. The molecule has 0 aliphatic carbocycles. The molecule has 17 heavy (non-hydrogen) atoms. The van der Waals surface area contributed by atoms with Crippen molar-refractivity contribution in [3.63, 3.8) is 0 Å². The molecule has 0 radical (unpaired) electrons. The van der Waals surface area contributed by atoms with Crippen molar-refractivity contribution in [3.8, 4) is 0 Å². The molecule has 1 atom stereocenters. The first-order valence-electron chi connectivity index (χ1n) is 6.21. The molecule has 0 saturated heterocycles. The molecule has 0 heterocycles. The molecule has 0 spiro atoms. The van der Waals surface area contributed by atoms with Crippen molar-refractivity contribution in [2.24, 2.45) is 0 Å². The lowest BCUT2D eigenvalue weighted by Gasteiger charge is -2.15. The molecule has 0 aromatic heterocycles. The topological polar surface area (TPSA) is 38.3 Å². The van der Waals surface area contributed by atoms with Gasteiger partial charge in [-0.1, -0.05) is 50.6 Å². The van der Waals surface area contributed by atoms with Crippen molar-refractivity contribution in [2.45, 2.75) is 39.3 Å². The Labute approximate surface area is 103 Å². The molecule has 1 N–H and O–H groups in total. The lowest BCUT2D eigenvalue weighted by atomic mass is 10.1. The SMILES string of the molecule is CCC[C@H](NCC)C(=O)OCc1ccccc1. The standard InChI is InChI=1S/C14H21NO2/c1-3-8-13(15-4-2)14(16)17-11-12-9-6-5-7-10-12/h5-7,9-10,13,15H,3-4,8,11H2,1-2H3/t13-/m0/s1. The fraction of sp³-hybridized carbons (Fsp3) is 0.500. The van der Waals surface area contributed by atoms with E-state index in [2.05, 4.69) is 12.2 Å². The van der Waals surface area contributed by atoms with Gasteiger partial charge in [0.05, 0.1) is 0 Å². The molecule has 3 nitrogen and oxygen atoms in total. The maximum atomic E-state index is 11.8. The number of hydrogen-bond acceptors (Lipinski definition) is 3. The number of carbonyl (C=O) groups is 1. The molecule has 1 rings (SSSR count). The summed E-state index contributed by atoms with van der Waals surface area (Å²) in [5.74, 6) is -0.155. The van der Waals surface area contributed by atoms with Gasteiger partial charge < -0.3 is 10.1 Å². The van der Waals surface area contributed by atoms with Crippen LogP contribution in [-0.4, -0.2) is 18.6 Å². The second kappa shape index (κ2) is 7.85. The summed E-state index contributed by atoms with van der Waals surface area (Å²) in [5.41, 5.74) is 1.02. The second-order valence-corrected chi connectivity index (χ2v) is 3.99. The van der Waals surface area contributed by atoms with Crippen LogP contribution in [0, 0.1) is 0 Å². The zero-order valence-corrected chi connectivity index (χ0v) is 10.6. The monoisotopic (exact) mass is 235 g/mol. The predicted octanol–water partition coefficient (Wildman–Crippen LogP) is 2.51. The molecule has 0 unspecified atom stereocenters. The van der Waals surface area contributed by atoms with Gasteiger partial charge in [-0.05, 0) is 18.5 Å². The fourth-order valence-electron chi connectivity index (χ4n) is 1.67. The summed E-state index contributed by atoms with van der Waals surface area (Å²) >= 11 is 0. The molecular formula is C14H21NO2. The third-order valence-electron chi connectivity index (χ3n) is 2.54. The third kappa shape index (κ3) is 5.00. The van der Waals surface area contributed by atoms with Crippen LogP contribution >= 0.6 is 0 Å². The van der Waals surface area contributed by atoms with Gasteiger partial charge in [0.2, 0.25) is 0 Å². The van der Waals surface area contributed by atoms with Gasteiger partial charge in [-0.2, -0.15) is 0 Å². The quantitative estimate of drug-likeness (QED) is 0.738. The smallest absolute Gasteiger partial charge is 0.323 e. The maximum Gasteiger partial charge on any atom is 0.323 e. The Bertz CT molecular complexity index is 318. The van der Waals surface area contributed by atoms with Crippen LogP contribution < -0.4 is 5.32 Å². The molecule has 0 fully saturated rings. The van der Waals surface area contributed by atoms with E-state index in [0.29, 0.717) is 6.61 Å². The number of carbonyl (C=O) groups excluding carboxylic acids is 1. The van der Waals surface area contributed by atoms with Crippen molar-refractivity contribution in [1.29, 1.82) is 0 Å². The minimum absolute atomic E-state index is 0.155. The minimum Gasteiger partial charge on any atom is -0.460 e. The zero-order chi connectivity index (χ0) is 12.5. The van der Waals surface area contributed by atoms with E-state index in [0.717, 1.165) is 24.9 Å². The molecule has 0 amide bonds. The molecule has 0 aliphatic rings. The molecular weight excluding hydrogens is 214 g/mol. The first-order chi connectivity index (χ1) is 8.27. The molecule has 94 valence electrons. The van der Waals surface area contributed by atoms with E-state index in [1.165, 1.54) is 0 Å². The Hall–Kier alpha value is -1.35. The number of ether oxygens (including phenoxy) is 1. The maximum absolute atomic E-state index is 11.8. The summed E-state index contributed by atoms with van der Waals surface area (Å²) < 4.78 is 5.29. The van der Waals surface area contributed by atoms with Gasteiger partial charge in [-0.25, -0.2) is 0 Å². The number of rotatable bonds is 7. The van der Waals surface area contributed by atoms with E-state index in [1.807, 2.05) is 37.3 Å². The molecule has 0 saturated carbocycles. The normalized spacial score (nSPS) is 12.1. The summed E-state index contributed by atoms with van der Waals surface area (Å²) in [4.78, 5) is 11.8. The zero-order valence-electron chi connectivity index (χ0n) is 10.6. The van der Waals surface area contributed by atoms with Gasteiger partial charge >= 0.3 is 5.97 Å². The van der Waals surface area contributed by atoms with E-state index < -0.39 is 0 Å². The lowest BCUT2D eigenvalue weighted by molar-refractivity contribution is -0.147. The third-order valence-corrected chi connectivity index (χ3v) is 2.54. The van der Waals surface area contributed by atoms with E-state index in [9.17, 15) is 4.79 Å². The average molecular weight is 235 g/mol. The molecule has 0 aliphatic heterocycles. The Balaban J connectivity index is 2.41. The van der Waals surface area contributed by atoms with Crippen molar-refractivity contribution < 1.29 is 9.53 Å². The number of likely N-dealkylation sites (N-methyl/N-ethyl adjacent to an activating group) is 1. The van der Waals surface area contributed by atoms with E-state index in [1.54, 1.807) is 0 Å². The Morgan fingerprint density at radius 3 is 2.59 bits per heavy atom. The highest BCUT2D eigenvalue weighted by molar-refractivity contribution is 5.75. The van der Waals surface area contributed by atoms with E-state index in [4.69, 9.17) is 4.74 Å². The Morgan fingerprint density at radius 2 is 2.00 bits per heavy atom. The summed E-state index contributed by atoms with van der Waals surface area (Å²) in [6.45, 7) is 5.19. The van der Waals surface area contributed by atoms with Gasteiger partial charge in [0.15, 0.2) is 0 Å². The molecule has 3 heteroatoms. The van der Waals surface area contributed by atoms with Gasteiger partial charge in [0.1, 0.15) is 12.6 Å². The van der Waals surface area contributed by atoms with Gasteiger partial charge in [0, 0.05) is 0 Å². The van der Waals surface area contributed by atoms with Crippen molar-refractivity contribution in [1.82, 2.24) is 5.32 Å². The number of benzene rings is 1. The highest BCUT2D eigenvalue weighted by atomic mass is 16.5. The van der Waals surface area contributed by atoms with Crippen LogP contribution in [0.4, 0.5) is 0 Å². The van der Waals surface area contributed by atoms with Gasteiger partial charge in [-0.15, -0.1) is 0 Å². The first kappa shape index (κ1) is 13.7. The van der Waals surface area contributed by atoms with Gasteiger partial charge in [0.25, 0.3) is 0 Å². The minimum atomic E-state index is -0.172. The van der Waals surface area contributed by atoms with Crippen molar-refractivity contribution >= 4 is 5.97 Å². The number of nitrogens with one attached hydrogen (secondary N) is 1. The summed E-state index contributed by atoms with van der Waals surface area (Å²) in [5, 5.41) is 3.15. The largest absolute Gasteiger partial charge is 0.460 e. The first-order valence-corrected chi connectivity index (χ1v) is 6.21. The summed E-state index contributed by atoms with van der Waals surface area (Å²) in [6, 6.07) is 9.57. The van der Waals surface area contributed by atoms with Crippen LogP contribution in [0.15, 0.2) is 30.3 Å². The van der Waals surface area contributed by atoms with E-state index >= 15 is 0 Å². The van der Waals surface area contributed by atoms with Crippen LogP contribution in [-0.2, 0) is 16.1 Å². The number of hydrogen-bond donors (Lipinski definition) is 1. The van der Waals surface area contributed by atoms with E-state index in [-0.39, 0.29) is 12.0 Å². The lowest BCUT2D eigenvalue weighted by Crippen LogP contribution is -2.37. The summed E-state index contributed by atoms with van der Waals surface area (Å²) in [7, 11) is 0. The predicted molar refractivity (Wildman–Crippen MR) is 68.6 cm³/mol.